The van der Waals surface area contributed by atoms with E-state index in [1.54, 1.807) is 36.7 Å². The van der Waals surface area contributed by atoms with Gasteiger partial charge in [0, 0.05) is 28.7 Å². The Balaban J connectivity index is 1.65. The van der Waals surface area contributed by atoms with Crippen molar-refractivity contribution in [1.29, 1.82) is 0 Å². The molecule has 1 aromatic carbocycles. The predicted molar refractivity (Wildman–Crippen MR) is 112 cm³/mol. The number of benzene rings is 1. The highest BCUT2D eigenvalue weighted by Crippen LogP contribution is 2.38. The second-order valence-electron chi connectivity index (χ2n) is 7.16. The molecule has 4 rings (SSSR count). The van der Waals surface area contributed by atoms with Gasteiger partial charge in [0.1, 0.15) is 23.9 Å². The van der Waals surface area contributed by atoms with Crippen molar-refractivity contribution in [2.24, 2.45) is 0 Å². The molecule has 1 aliphatic rings. The number of thiophene rings is 1. The molecule has 0 spiro atoms. The second-order valence-corrected chi connectivity index (χ2v) is 8.74. The van der Waals surface area contributed by atoms with Crippen LogP contribution in [0.2, 0.25) is 5.02 Å². The third-order valence-electron chi connectivity index (χ3n) is 5.26. The Morgan fingerprint density at radius 1 is 1.17 bits per heavy atom. The first-order valence-corrected chi connectivity index (χ1v) is 10.6. The molecule has 0 bridgehead atoms. The zero-order chi connectivity index (χ0) is 21.3. The average molecular weight is 449 g/mol. The summed E-state index contributed by atoms with van der Waals surface area (Å²) in [7, 11) is 0. The van der Waals surface area contributed by atoms with Gasteiger partial charge in [-0.15, -0.1) is 11.3 Å². The van der Waals surface area contributed by atoms with E-state index >= 15 is 0 Å². The van der Waals surface area contributed by atoms with Crippen molar-refractivity contribution >= 4 is 22.9 Å². The van der Waals surface area contributed by atoms with Gasteiger partial charge in [0.2, 0.25) is 0 Å². The third kappa shape index (κ3) is 3.88. The summed E-state index contributed by atoms with van der Waals surface area (Å²) in [6, 6.07) is 10.5. The summed E-state index contributed by atoms with van der Waals surface area (Å²) in [6.45, 7) is -0.682. The number of nitrogens with zero attached hydrogens (tertiary/aromatic N) is 2. The maximum absolute atomic E-state index is 11.2. The van der Waals surface area contributed by atoms with Gasteiger partial charge in [-0.3, -0.25) is 0 Å². The fourth-order valence-electron chi connectivity index (χ4n) is 3.63. The summed E-state index contributed by atoms with van der Waals surface area (Å²) in [5.74, 6) is 0.644. The van der Waals surface area contributed by atoms with Crippen molar-refractivity contribution in [2.45, 2.75) is 30.3 Å². The number of aliphatic hydroxyl groups excluding tert-OH is 3. The van der Waals surface area contributed by atoms with Gasteiger partial charge in [0.25, 0.3) is 0 Å². The van der Waals surface area contributed by atoms with Gasteiger partial charge < -0.3 is 25.2 Å². The van der Waals surface area contributed by atoms with Gasteiger partial charge in [0.15, 0.2) is 5.82 Å². The lowest BCUT2D eigenvalue weighted by molar-refractivity contribution is -0.255. The average Bonchev–Trinajstić information content (AvgIpc) is 3.23. The highest BCUT2D eigenvalue weighted by Gasteiger charge is 2.52. The maximum Gasteiger partial charge on any atom is 0.169 e. The lowest BCUT2D eigenvalue weighted by Gasteiger charge is -2.45. The molecule has 7 nitrogen and oxygen atoms in total. The Morgan fingerprint density at radius 3 is 2.67 bits per heavy atom. The standard InChI is InChI=1S/C21H21ClN2O5S/c22-15-4-2-13(21(28)18(10-25)29-11-16(26)19(21)27)8-12(15)9-14-3-5-17(30-14)20-23-6-1-7-24-20/h1-8,16,18-19,25-28H,9-11H2/t16-,18+,19+,21-/m0/s1. The van der Waals surface area contributed by atoms with Crippen LogP contribution in [0.5, 0.6) is 0 Å². The van der Waals surface area contributed by atoms with Crippen LogP contribution in [0.25, 0.3) is 10.7 Å². The van der Waals surface area contributed by atoms with Crippen LogP contribution in [-0.2, 0) is 16.8 Å². The molecular formula is C21H21ClN2O5S. The fraction of sp³-hybridized carbons (Fsp3) is 0.333. The first-order valence-electron chi connectivity index (χ1n) is 9.39. The van der Waals surface area contributed by atoms with Crippen molar-refractivity contribution in [3.05, 3.63) is 69.8 Å². The Hall–Kier alpha value is -1.91. The van der Waals surface area contributed by atoms with E-state index in [4.69, 9.17) is 16.3 Å². The van der Waals surface area contributed by atoms with Crippen LogP contribution < -0.4 is 0 Å². The number of halogens is 1. The van der Waals surface area contributed by atoms with Crippen LogP contribution in [0.4, 0.5) is 0 Å². The number of hydrogen-bond acceptors (Lipinski definition) is 8. The summed E-state index contributed by atoms with van der Waals surface area (Å²) >= 11 is 7.93. The minimum absolute atomic E-state index is 0.172. The van der Waals surface area contributed by atoms with E-state index in [0.29, 0.717) is 22.8 Å². The molecule has 3 heterocycles. The highest BCUT2D eigenvalue weighted by molar-refractivity contribution is 7.15. The fourth-order valence-corrected chi connectivity index (χ4v) is 4.80. The normalized spacial score (nSPS) is 26.6. The minimum atomic E-state index is -1.97. The first-order chi connectivity index (χ1) is 14.4. The van der Waals surface area contributed by atoms with Gasteiger partial charge in [-0.05, 0) is 35.4 Å². The van der Waals surface area contributed by atoms with Crippen LogP contribution in [0.15, 0.2) is 48.8 Å². The van der Waals surface area contributed by atoms with Crippen LogP contribution in [0.3, 0.4) is 0 Å². The van der Waals surface area contributed by atoms with E-state index < -0.39 is 30.5 Å². The smallest absolute Gasteiger partial charge is 0.169 e. The van der Waals surface area contributed by atoms with Gasteiger partial charge in [-0.2, -0.15) is 0 Å². The number of ether oxygens (including phenoxy) is 1. The largest absolute Gasteiger partial charge is 0.394 e. The third-order valence-corrected chi connectivity index (χ3v) is 6.71. The molecule has 30 heavy (non-hydrogen) atoms. The number of hydrogen-bond donors (Lipinski definition) is 4. The maximum atomic E-state index is 11.2. The van der Waals surface area contributed by atoms with Crippen molar-refractivity contribution in [3.63, 3.8) is 0 Å². The molecule has 0 radical (unpaired) electrons. The monoisotopic (exact) mass is 448 g/mol. The van der Waals surface area contributed by atoms with Gasteiger partial charge in [-0.25, -0.2) is 9.97 Å². The highest BCUT2D eigenvalue weighted by atomic mass is 35.5. The topological polar surface area (TPSA) is 116 Å². The lowest BCUT2D eigenvalue weighted by Crippen LogP contribution is -2.61. The van der Waals surface area contributed by atoms with Crippen LogP contribution in [0.1, 0.15) is 16.0 Å². The number of aliphatic hydroxyl groups is 4. The van der Waals surface area contributed by atoms with Crippen LogP contribution in [0, 0.1) is 0 Å². The van der Waals surface area contributed by atoms with E-state index in [9.17, 15) is 20.4 Å². The van der Waals surface area contributed by atoms with Gasteiger partial charge in [0.05, 0.1) is 18.1 Å². The quantitative estimate of drug-likeness (QED) is 0.470. The zero-order valence-electron chi connectivity index (χ0n) is 15.8. The summed E-state index contributed by atoms with van der Waals surface area (Å²) < 4.78 is 5.37. The Morgan fingerprint density at radius 2 is 1.93 bits per heavy atom. The SMILES string of the molecule is OC[C@H]1OC[C@H](O)[C@@H](O)[C@]1(O)c1ccc(Cl)c(Cc2ccc(-c3ncccn3)s2)c1. The lowest BCUT2D eigenvalue weighted by atomic mass is 9.78. The van der Waals surface area contributed by atoms with Crippen molar-refractivity contribution in [1.82, 2.24) is 9.97 Å². The molecule has 2 aromatic heterocycles. The van der Waals surface area contributed by atoms with Crippen molar-refractivity contribution in [2.75, 3.05) is 13.2 Å². The van der Waals surface area contributed by atoms with E-state index in [1.807, 2.05) is 12.1 Å². The first kappa shape index (κ1) is 21.3. The van der Waals surface area contributed by atoms with Gasteiger partial charge in [-0.1, -0.05) is 23.7 Å². The second kappa shape index (κ2) is 8.68. The Bertz CT molecular complexity index is 1010. The van der Waals surface area contributed by atoms with E-state index in [2.05, 4.69) is 9.97 Å². The molecule has 9 heteroatoms. The van der Waals surface area contributed by atoms with E-state index in [0.717, 1.165) is 15.3 Å². The number of rotatable bonds is 5. The van der Waals surface area contributed by atoms with Crippen molar-refractivity contribution in [3.8, 4) is 10.7 Å². The molecule has 0 unspecified atom stereocenters. The molecule has 3 aromatic rings. The minimum Gasteiger partial charge on any atom is -0.394 e. The summed E-state index contributed by atoms with van der Waals surface area (Å²) in [5.41, 5.74) is -0.922. The van der Waals surface area contributed by atoms with Gasteiger partial charge >= 0.3 is 0 Å². The molecule has 1 saturated heterocycles. The molecule has 0 amide bonds. The number of aromatic nitrogens is 2. The molecule has 158 valence electrons. The Kier molecular flexibility index (Phi) is 6.17. The molecule has 4 N–H and O–H groups in total. The predicted octanol–water partition coefficient (Wildman–Crippen LogP) is 1.75. The van der Waals surface area contributed by atoms with E-state index in [-0.39, 0.29) is 6.61 Å². The Labute approximate surface area is 182 Å². The molecular weight excluding hydrogens is 428 g/mol. The molecule has 0 aliphatic carbocycles. The van der Waals surface area contributed by atoms with E-state index in [1.165, 1.54) is 11.3 Å². The van der Waals surface area contributed by atoms with Crippen molar-refractivity contribution < 1.29 is 25.2 Å². The summed E-state index contributed by atoms with van der Waals surface area (Å²) in [4.78, 5) is 10.5. The zero-order valence-corrected chi connectivity index (χ0v) is 17.4. The molecule has 1 fully saturated rings. The molecule has 0 saturated carbocycles. The van der Waals surface area contributed by atoms with Crippen LogP contribution >= 0.6 is 22.9 Å². The van der Waals surface area contributed by atoms with Crippen LogP contribution in [-0.4, -0.2) is 61.9 Å². The summed E-state index contributed by atoms with van der Waals surface area (Å²) in [6.07, 6.45) is -0.000481. The summed E-state index contributed by atoms with van der Waals surface area (Å²) in [5, 5.41) is 41.9. The molecule has 4 atom stereocenters. The molecule has 1 aliphatic heterocycles.